The first-order valence-corrected chi connectivity index (χ1v) is 8.68. The van der Waals surface area contributed by atoms with Gasteiger partial charge < -0.3 is 10.1 Å². The normalized spacial score (nSPS) is 12.3. The van der Waals surface area contributed by atoms with Crippen molar-refractivity contribution in [2.75, 3.05) is 13.2 Å². The molecule has 1 heterocycles. The van der Waals surface area contributed by atoms with Crippen LogP contribution in [0.25, 0.3) is 0 Å². The molecule has 1 aromatic heterocycles. The first-order valence-electron chi connectivity index (χ1n) is 7.42. The summed E-state index contributed by atoms with van der Waals surface area (Å²) in [5.41, 5.74) is 0. The molecule has 0 saturated heterocycles. The van der Waals surface area contributed by atoms with Gasteiger partial charge in [0.15, 0.2) is 0 Å². The monoisotopic (exact) mass is 323 g/mol. The molecule has 1 unspecified atom stereocenters. The number of halogens is 1. The molecule has 0 saturated carbocycles. The van der Waals surface area contributed by atoms with Gasteiger partial charge >= 0.3 is 0 Å². The third-order valence-corrected chi connectivity index (χ3v) is 4.42. The van der Waals surface area contributed by atoms with Crippen LogP contribution in [-0.4, -0.2) is 19.2 Å². The molecule has 0 aliphatic heterocycles. The number of ether oxygens (including phenoxy) is 1. The lowest BCUT2D eigenvalue weighted by Crippen LogP contribution is -2.35. The average Bonchev–Trinajstić information content (AvgIpc) is 3.00. The molecule has 114 valence electrons. The minimum absolute atomic E-state index is 0.367. The highest BCUT2D eigenvalue weighted by Crippen LogP contribution is 2.18. The van der Waals surface area contributed by atoms with E-state index in [-0.39, 0.29) is 0 Å². The van der Waals surface area contributed by atoms with Crippen LogP contribution in [0, 0.1) is 0 Å². The van der Waals surface area contributed by atoms with Crippen molar-refractivity contribution in [2.45, 2.75) is 32.2 Å². The maximum absolute atomic E-state index is 5.98. The predicted octanol–water partition coefficient (Wildman–Crippen LogP) is 4.78. The Bertz CT molecular complexity index is 515. The van der Waals surface area contributed by atoms with E-state index in [2.05, 4.69) is 29.8 Å². The Labute approximate surface area is 136 Å². The minimum Gasteiger partial charge on any atom is -0.492 e. The van der Waals surface area contributed by atoms with Crippen LogP contribution in [0.15, 0.2) is 41.8 Å². The van der Waals surface area contributed by atoms with E-state index in [9.17, 15) is 0 Å². The molecule has 0 aliphatic rings. The standard InChI is InChI=1S/C17H22ClNOS/c1-2-10-19-15(8-9-17-7-4-11-21-17)13-20-16-6-3-5-14(18)12-16/h3-7,11-12,15,19H,2,8-10,13H2,1H3. The van der Waals surface area contributed by atoms with Gasteiger partial charge in [0.25, 0.3) is 0 Å². The molecule has 0 spiro atoms. The summed E-state index contributed by atoms with van der Waals surface area (Å²) in [5, 5.41) is 6.41. The average molecular weight is 324 g/mol. The van der Waals surface area contributed by atoms with Gasteiger partial charge in [-0.2, -0.15) is 0 Å². The SMILES string of the molecule is CCCNC(CCc1cccs1)COc1cccc(Cl)c1. The molecule has 0 amide bonds. The summed E-state index contributed by atoms with van der Waals surface area (Å²) >= 11 is 7.80. The van der Waals surface area contributed by atoms with Crippen molar-refractivity contribution in [2.24, 2.45) is 0 Å². The molecule has 1 atom stereocenters. The lowest BCUT2D eigenvalue weighted by molar-refractivity contribution is 0.257. The third kappa shape index (κ3) is 6.08. The Morgan fingerprint density at radius 2 is 2.19 bits per heavy atom. The van der Waals surface area contributed by atoms with Crippen molar-refractivity contribution in [3.8, 4) is 5.75 Å². The number of nitrogens with one attached hydrogen (secondary N) is 1. The van der Waals surface area contributed by atoms with Crippen LogP contribution in [0.4, 0.5) is 0 Å². The maximum atomic E-state index is 5.98. The van der Waals surface area contributed by atoms with Crippen LogP contribution in [0.1, 0.15) is 24.6 Å². The highest BCUT2D eigenvalue weighted by Gasteiger charge is 2.10. The van der Waals surface area contributed by atoms with Gasteiger partial charge in [-0.15, -0.1) is 11.3 Å². The fourth-order valence-corrected chi connectivity index (χ4v) is 3.02. The Morgan fingerprint density at radius 1 is 1.29 bits per heavy atom. The van der Waals surface area contributed by atoms with Crippen molar-refractivity contribution in [3.05, 3.63) is 51.7 Å². The van der Waals surface area contributed by atoms with Gasteiger partial charge in [-0.1, -0.05) is 30.7 Å². The van der Waals surface area contributed by atoms with Gasteiger partial charge in [-0.25, -0.2) is 0 Å². The van der Waals surface area contributed by atoms with E-state index >= 15 is 0 Å². The fourth-order valence-electron chi connectivity index (χ4n) is 2.12. The number of thiophene rings is 1. The summed E-state index contributed by atoms with van der Waals surface area (Å²) in [6, 6.07) is 12.2. The first kappa shape index (κ1) is 16.3. The Morgan fingerprint density at radius 3 is 2.90 bits per heavy atom. The molecule has 2 rings (SSSR count). The molecular formula is C17H22ClNOS. The molecule has 2 nitrogen and oxygen atoms in total. The second-order valence-corrected chi connectivity index (χ2v) is 6.51. The maximum Gasteiger partial charge on any atom is 0.120 e. The van der Waals surface area contributed by atoms with E-state index in [0.717, 1.165) is 31.6 Å². The van der Waals surface area contributed by atoms with Gasteiger partial charge in [0, 0.05) is 15.9 Å². The number of hydrogen-bond acceptors (Lipinski definition) is 3. The zero-order valence-corrected chi connectivity index (χ0v) is 13.9. The van der Waals surface area contributed by atoms with Gasteiger partial charge in [0.2, 0.25) is 0 Å². The van der Waals surface area contributed by atoms with E-state index in [0.29, 0.717) is 17.7 Å². The highest BCUT2D eigenvalue weighted by atomic mass is 35.5. The second-order valence-electron chi connectivity index (χ2n) is 5.04. The summed E-state index contributed by atoms with van der Waals surface area (Å²) in [5.74, 6) is 0.835. The first-order chi connectivity index (χ1) is 10.3. The molecule has 0 bridgehead atoms. The van der Waals surface area contributed by atoms with Crippen molar-refractivity contribution in [1.29, 1.82) is 0 Å². The summed E-state index contributed by atoms with van der Waals surface area (Å²) in [4.78, 5) is 1.43. The lowest BCUT2D eigenvalue weighted by Gasteiger charge is -2.19. The van der Waals surface area contributed by atoms with Crippen LogP contribution >= 0.6 is 22.9 Å². The highest BCUT2D eigenvalue weighted by molar-refractivity contribution is 7.09. The molecule has 4 heteroatoms. The fraction of sp³-hybridized carbons (Fsp3) is 0.412. The molecule has 0 radical (unpaired) electrons. The predicted molar refractivity (Wildman–Crippen MR) is 91.7 cm³/mol. The van der Waals surface area contributed by atoms with Crippen molar-refractivity contribution >= 4 is 22.9 Å². The number of rotatable bonds is 9. The summed E-state index contributed by atoms with van der Waals surface area (Å²) in [6.45, 7) is 3.88. The molecule has 0 fully saturated rings. The van der Waals surface area contributed by atoms with Crippen molar-refractivity contribution in [1.82, 2.24) is 5.32 Å². The summed E-state index contributed by atoms with van der Waals surface area (Å²) < 4.78 is 5.87. The van der Waals surface area contributed by atoms with Crippen LogP contribution in [0.3, 0.4) is 0 Å². The van der Waals surface area contributed by atoms with E-state index in [1.807, 2.05) is 35.6 Å². The number of benzene rings is 1. The van der Waals surface area contributed by atoms with Gasteiger partial charge in [0.05, 0.1) is 0 Å². The second kappa shape index (κ2) is 9.08. The van der Waals surface area contributed by atoms with E-state index in [1.54, 1.807) is 0 Å². The number of aryl methyl sites for hydroxylation is 1. The Hall–Kier alpha value is -1.03. The lowest BCUT2D eigenvalue weighted by atomic mass is 10.1. The summed E-state index contributed by atoms with van der Waals surface area (Å²) in [6.07, 6.45) is 3.31. The third-order valence-electron chi connectivity index (χ3n) is 3.25. The molecule has 0 aliphatic carbocycles. The zero-order chi connectivity index (χ0) is 14.9. The van der Waals surface area contributed by atoms with Gasteiger partial charge in [-0.05, 0) is 55.5 Å². The van der Waals surface area contributed by atoms with Crippen LogP contribution in [0.5, 0.6) is 5.75 Å². The number of hydrogen-bond donors (Lipinski definition) is 1. The van der Waals surface area contributed by atoms with Crippen molar-refractivity contribution < 1.29 is 4.74 Å². The van der Waals surface area contributed by atoms with Gasteiger partial charge in [-0.3, -0.25) is 0 Å². The Kier molecular flexibility index (Phi) is 7.07. The smallest absolute Gasteiger partial charge is 0.120 e. The zero-order valence-electron chi connectivity index (χ0n) is 12.3. The van der Waals surface area contributed by atoms with E-state index in [1.165, 1.54) is 4.88 Å². The Balaban J connectivity index is 1.83. The van der Waals surface area contributed by atoms with Crippen LogP contribution in [-0.2, 0) is 6.42 Å². The largest absolute Gasteiger partial charge is 0.492 e. The van der Waals surface area contributed by atoms with Gasteiger partial charge in [0.1, 0.15) is 12.4 Å². The quantitative estimate of drug-likeness (QED) is 0.717. The van der Waals surface area contributed by atoms with Crippen LogP contribution in [0.2, 0.25) is 5.02 Å². The molecular weight excluding hydrogens is 302 g/mol. The van der Waals surface area contributed by atoms with Crippen LogP contribution < -0.4 is 10.1 Å². The summed E-state index contributed by atoms with van der Waals surface area (Å²) in [7, 11) is 0. The molecule has 1 aromatic carbocycles. The topological polar surface area (TPSA) is 21.3 Å². The molecule has 21 heavy (non-hydrogen) atoms. The van der Waals surface area contributed by atoms with Crippen molar-refractivity contribution in [3.63, 3.8) is 0 Å². The van der Waals surface area contributed by atoms with E-state index < -0.39 is 0 Å². The molecule has 1 N–H and O–H groups in total. The molecule has 2 aromatic rings. The van der Waals surface area contributed by atoms with E-state index in [4.69, 9.17) is 16.3 Å². The minimum atomic E-state index is 0.367.